The summed E-state index contributed by atoms with van der Waals surface area (Å²) in [5.41, 5.74) is 7.52. The molecule has 2 aromatic carbocycles. The first-order valence-electron chi connectivity index (χ1n) is 12.9. The van der Waals surface area contributed by atoms with Crippen LogP contribution in [-0.2, 0) is 16.6 Å². The molecule has 0 unspecified atom stereocenters. The number of halogens is 3. The molecule has 1 amide bonds. The maximum absolute atomic E-state index is 14.7. The van der Waals surface area contributed by atoms with E-state index in [1.54, 1.807) is 0 Å². The van der Waals surface area contributed by atoms with Crippen molar-refractivity contribution in [1.82, 2.24) is 10.2 Å². The molecule has 0 aromatic heterocycles. The van der Waals surface area contributed by atoms with E-state index < -0.39 is 17.0 Å². The summed E-state index contributed by atoms with van der Waals surface area (Å²) in [6.45, 7) is 5.86. The second-order valence-corrected chi connectivity index (χ2v) is 11.5. The van der Waals surface area contributed by atoms with Crippen LogP contribution in [0.1, 0.15) is 63.5 Å². The molecule has 3 N–H and O–H groups in total. The summed E-state index contributed by atoms with van der Waals surface area (Å²) >= 11 is 3.49. The van der Waals surface area contributed by atoms with Gasteiger partial charge in [-0.1, -0.05) is 59.6 Å². The van der Waals surface area contributed by atoms with Crippen molar-refractivity contribution in [2.45, 2.75) is 75.8 Å². The van der Waals surface area contributed by atoms with Crippen LogP contribution in [0.15, 0.2) is 58.7 Å². The van der Waals surface area contributed by atoms with Crippen LogP contribution in [0.3, 0.4) is 0 Å². The minimum atomic E-state index is -1.02. The van der Waals surface area contributed by atoms with E-state index in [4.69, 9.17) is 5.73 Å². The normalized spacial score (nSPS) is 19.6. The molecule has 1 aliphatic carbocycles. The van der Waals surface area contributed by atoms with Gasteiger partial charge in [-0.25, -0.2) is 8.78 Å². The predicted octanol–water partition coefficient (Wildman–Crippen LogP) is 5.98. The molecule has 0 radical (unpaired) electrons. The third-order valence-electron chi connectivity index (χ3n) is 7.58. The molecule has 7 heteroatoms. The summed E-state index contributed by atoms with van der Waals surface area (Å²) in [5.74, 6) is -2.08. The van der Waals surface area contributed by atoms with Crippen LogP contribution in [0.5, 0.6) is 0 Å². The van der Waals surface area contributed by atoms with Crippen LogP contribution >= 0.6 is 15.9 Å². The van der Waals surface area contributed by atoms with Crippen LogP contribution in [0, 0.1) is 11.6 Å². The van der Waals surface area contributed by atoms with E-state index in [2.05, 4.69) is 46.1 Å². The Kier molecular flexibility index (Phi) is 8.20. The lowest BCUT2D eigenvalue weighted by atomic mass is 9.89. The van der Waals surface area contributed by atoms with Crippen LogP contribution in [0.25, 0.3) is 0 Å². The van der Waals surface area contributed by atoms with Gasteiger partial charge in [-0.15, -0.1) is 0 Å². The first-order valence-corrected chi connectivity index (χ1v) is 13.7. The van der Waals surface area contributed by atoms with Gasteiger partial charge in [0.25, 0.3) is 0 Å². The number of rotatable bonds is 9. The number of likely N-dealkylation sites (tertiary alicyclic amines) is 1. The SMILES string of the molecule is CCCC=C([C@H](Cc1ccc(Br)cc1)NC(=O)C1(c2cccc(F)c2F)CC1)N1CCC(C)(N)CC1. The van der Waals surface area contributed by atoms with E-state index in [1.165, 1.54) is 12.1 Å². The number of nitrogens with one attached hydrogen (secondary N) is 1. The van der Waals surface area contributed by atoms with Gasteiger partial charge in [-0.05, 0) is 69.2 Å². The average molecular weight is 561 g/mol. The molecule has 0 spiro atoms. The Labute approximate surface area is 221 Å². The number of hydrogen-bond donors (Lipinski definition) is 2. The Morgan fingerprint density at radius 3 is 2.42 bits per heavy atom. The zero-order valence-electron chi connectivity index (χ0n) is 21.1. The Balaban J connectivity index is 1.65. The van der Waals surface area contributed by atoms with Gasteiger partial charge >= 0.3 is 0 Å². The van der Waals surface area contributed by atoms with E-state index in [9.17, 15) is 13.6 Å². The molecule has 0 bridgehead atoms. The molecule has 1 aliphatic heterocycles. The summed E-state index contributed by atoms with van der Waals surface area (Å²) in [6, 6.07) is 11.9. The first kappa shape index (κ1) is 26.8. The van der Waals surface area contributed by atoms with Crippen LogP contribution in [-0.4, -0.2) is 35.5 Å². The minimum Gasteiger partial charge on any atom is -0.373 e. The predicted molar refractivity (Wildman–Crippen MR) is 143 cm³/mol. The zero-order chi connectivity index (χ0) is 25.9. The van der Waals surface area contributed by atoms with Gasteiger partial charge < -0.3 is 16.0 Å². The van der Waals surface area contributed by atoms with E-state index >= 15 is 0 Å². The number of amides is 1. The minimum absolute atomic E-state index is 0.151. The monoisotopic (exact) mass is 559 g/mol. The highest BCUT2D eigenvalue weighted by Crippen LogP contribution is 2.49. The number of unbranched alkanes of at least 4 members (excludes halogenated alkanes) is 1. The lowest BCUT2D eigenvalue weighted by molar-refractivity contribution is -0.124. The van der Waals surface area contributed by atoms with Crippen molar-refractivity contribution in [2.24, 2.45) is 5.73 Å². The lowest BCUT2D eigenvalue weighted by Gasteiger charge is -2.41. The van der Waals surface area contributed by atoms with Crippen molar-refractivity contribution < 1.29 is 13.6 Å². The molecule has 2 fully saturated rings. The molecule has 1 atom stereocenters. The Morgan fingerprint density at radius 1 is 1.14 bits per heavy atom. The molecule has 36 heavy (non-hydrogen) atoms. The summed E-state index contributed by atoms with van der Waals surface area (Å²) in [5, 5.41) is 3.27. The van der Waals surface area contributed by atoms with E-state index in [0.717, 1.165) is 60.6 Å². The largest absolute Gasteiger partial charge is 0.373 e. The number of carbonyl (C=O) groups is 1. The van der Waals surface area contributed by atoms with Crippen LogP contribution in [0.2, 0.25) is 0 Å². The number of nitrogens with zero attached hydrogens (tertiary/aromatic N) is 1. The number of piperidine rings is 1. The second-order valence-electron chi connectivity index (χ2n) is 10.6. The maximum Gasteiger partial charge on any atom is 0.231 e. The quantitative estimate of drug-likeness (QED) is 0.397. The molecule has 1 heterocycles. The van der Waals surface area contributed by atoms with Crippen molar-refractivity contribution in [2.75, 3.05) is 13.1 Å². The van der Waals surface area contributed by atoms with Gasteiger partial charge in [0.2, 0.25) is 5.91 Å². The van der Waals surface area contributed by atoms with Crippen molar-refractivity contribution in [1.29, 1.82) is 0 Å². The van der Waals surface area contributed by atoms with Crippen molar-refractivity contribution in [3.05, 3.63) is 81.5 Å². The fraction of sp³-hybridized carbons (Fsp3) is 0.483. The molecule has 1 saturated carbocycles. The zero-order valence-corrected chi connectivity index (χ0v) is 22.7. The highest BCUT2D eigenvalue weighted by atomic mass is 79.9. The lowest BCUT2D eigenvalue weighted by Crippen LogP contribution is -2.52. The second kappa shape index (κ2) is 11.0. The van der Waals surface area contributed by atoms with Gasteiger partial charge in [-0.2, -0.15) is 0 Å². The Bertz CT molecular complexity index is 1100. The van der Waals surface area contributed by atoms with Gasteiger partial charge in [-0.3, -0.25) is 4.79 Å². The highest BCUT2D eigenvalue weighted by molar-refractivity contribution is 9.10. The summed E-state index contributed by atoms with van der Waals surface area (Å²) < 4.78 is 29.7. The summed E-state index contributed by atoms with van der Waals surface area (Å²) in [7, 11) is 0. The first-order chi connectivity index (χ1) is 17.1. The summed E-state index contributed by atoms with van der Waals surface area (Å²) in [4.78, 5) is 16.1. The molecule has 4 nitrogen and oxygen atoms in total. The van der Waals surface area contributed by atoms with E-state index in [1.807, 2.05) is 24.3 Å². The number of nitrogens with two attached hydrogens (primary N) is 1. The maximum atomic E-state index is 14.7. The molecular formula is C29H36BrF2N3O. The van der Waals surface area contributed by atoms with E-state index in [0.29, 0.717) is 19.3 Å². The van der Waals surface area contributed by atoms with Crippen molar-refractivity contribution in [3.8, 4) is 0 Å². The average Bonchev–Trinajstić information content (AvgIpc) is 3.65. The molecule has 2 aliphatic rings. The number of allylic oxidation sites excluding steroid dienone is 1. The molecular weight excluding hydrogens is 524 g/mol. The fourth-order valence-corrected chi connectivity index (χ4v) is 5.32. The summed E-state index contributed by atoms with van der Waals surface area (Å²) in [6.07, 6.45) is 7.46. The molecule has 2 aromatic rings. The number of benzene rings is 2. The molecule has 4 rings (SSSR count). The van der Waals surface area contributed by atoms with Gasteiger partial charge in [0.1, 0.15) is 0 Å². The topological polar surface area (TPSA) is 58.4 Å². The Morgan fingerprint density at radius 2 is 1.81 bits per heavy atom. The standard InChI is InChI=1S/C29H36BrF2N3O/c1-3-4-8-25(35-17-15-28(2,33)16-18-35)24(19-20-9-11-21(30)12-10-20)34-27(36)29(13-14-29)22-6-5-7-23(31)26(22)32/h5-12,24H,3-4,13-19,33H2,1-2H3,(H,34,36)/t24-/m0/s1. The van der Waals surface area contributed by atoms with Crippen LogP contribution in [0.4, 0.5) is 8.78 Å². The number of carbonyl (C=O) groups excluding carboxylic acids is 1. The van der Waals surface area contributed by atoms with Crippen LogP contribution < -0.4 is 11.1 Å². The van der Waals surface area contributed by atoms with Crippen molar-refractivity contribution in [3.63, 3.8) is 0 Å². The third kappa shape index (κ3) is 6.00. The third-order valence-corrected chi connectivity index (χ3v) is 8.11. The molecule has 1 saturated heterocycles. The number of hydrogen-bond acceptors (Lipinski definition) is 3. The smallest absolute Gasteiger partial charge is 0.231 e. The molecule has 194 valence electrons. The fourth-order valence-electron chi connectivity index (χ4n) is 5.06. The van der Waals surface area contributed by atoms with Gasteiger partial charge in [0.05, 0.1) is 11.5 Å². The van der Waals surface area contributed by atoms with Gasteiger partial charge in [0, 0.05) is 34.4 Å². The highest BCUT2D eigenvalue weighted by Gasteiger charge is 2.53. The Hall–Kier alpha value is -2.25. The van der Waals surface area contributed by atoms with E-state index in [-0.39, 0.29) is 23.1 Å². The van der Waals surface area contributed by atoms with Gasteiger partial charge in [0.15, 0.2) is 11.6 Å². The van der Waals surface area contributed by atoms with Crippen molar-refractivity contribution >= 4 is 21.8 Å².